The van der Waals surface area contributed by atoms with Gasteiger partial charge in [0.25, 0.3) is 5.91 Å². The topological polar surface area (TPSA) is 43.8 Å². The summed E-state index contributed by atoms with van der Waals surface area (Å²) >= 11 is 12.3. The van der Waals surface area contributed by atoms with Gasteiger partial charge in [0.05, 0.1) is 5.60 Å². The first-order chi connectivity index (χ1) is 10.7. The predicted octanol–water partition coefficient (Wildman–Crippen LogP) is 3.22. The van der Waals surface area contributed by atoms with Crippen LogP contribution < -0.4 is 0 Å². The number of likely N-dealkylation sites (tertiary alicyclic amines) is 1. The van der Waals surface area contributed by atoms with Gasteiger partial charge in [-0.05, 0) is 58.0 Å². The third-order valence-electron chi connectivity index (χ3n) is 4.34. The van der Waals surface area contributed by atoms with Crippen LogP contribution in [0.1, 0.15) is 35.2 Å². The van der Waals surface area contributed by atoms with Gasteiger partial charge in [-0.3, -0.25) is 4.79 Å². The van der Waals surface area contributed by atoms with Crippen molar-refractivity contribution in [3.8, 4) is 0 Å². The molecule has 0 aliphatic carbocycles. The van der Waals surface area contributed by atoms with Crippen LogP contribution in [0.5, 0.6) is 0 Å². The third-order valence-corrected chi connectivity index (χ3v) is 5.13. The van der Waals surface area contributed by atoms with Gasteiger partial charge >= 0.3 is 0 Å². The maximum Gasteiger partial charge on any atom is 0.253 e. The Morgan fingerprint density at radius 3 is 2.43 bits per heavy atom. The third kappa shape index (κ3) is 4.60. The average Bonchev–Trinajstić information content (AvgIpc) is 2.64. The maximum absolute atomic E-state index is 12.7. The highest BCUT2D eigenvalue weighted by molar-refractivity contribution is 6.36. The molecule has 1 aromatic carbocycles. The van der Waals surface area contributed by atoms with Gasteiger partial charge in [-0.15, -0.1) is 0 Å². The Bertz CT molecular complexity index is 569. The molecule has 1 saturated heterocycles. The standard InChI is InChI=1S/C17H24Cl2N2O2/c1-12-14(18)9-13(10-15(12)19)16(22)21-7-4-5-17(23,6-8-21)11-20(2)3/h9-10,23H,4-8,11H2,1-3H3/t17-/m0/s1. The average molecular weight is 359 g/mol. The van der Waals surface area contributed by atoms with Crippen molar-refractivity contribution in [1.82, 2.24) is 9.80 Å². The number of carbonyl (C=O) groups excluding carboxylic acids is 1. The predicted molar refractivity (Wildman–Crippen MR) is 94.5 cm³/mol. The Morgan fingerprint density at radius 2 is 1.87 bits per heavy atom. The molecule has 0 unspecified atom stereocenters. The van der Waals surface area contributed by atoms with E-state index in [9.17, 15) is 9.90 Å². The van der Waals surface area contributed by atoms with Gasteiger partial charge in [-0.25, -0.2) is 0 Å². The minimum Gasteiger partial charge on any atom is -0.388 e. The number of aliphatic hydroxyl groups is 1. The molecule has 1 fully saturated rings. The largest absolute Gasteiger partial charge is 0.388 e. The summed E-state index contributed by atoms with van der Waals surface area (Å²) in [5.74, 6) is -0.0806. The van der Waals surface area contributed by atoms with Crippen molar-refractivity contribution in [1.29, 1.82) is 0 Å². The van der Waals surface area contributed by atoms with Gasteiger partial charge in [-0.2, -0.15) is 0 Å². The molecule has 0 bridgehead atoms. The Kier molecular flexibility index (Phi) is 5.95. The fourth-order valence-electron chi connectivity index (χ4n) is 3.08. The molecule has 0 radical (unpaired) electrons. The zero-order valence-electron chi connectivity index (χ0n) is 13.9. The quantitative estimate of drug-likeness (QED) is 0.901. The molecule has 1 aliphatic rings. The summed E-state index contributed by atoms with van der Waals surface area (Å²) in [6, 6.07) is 3.34. The lowest BCUT2D eigenvalue weighted by Crippen LogP contribution is -2.41. The number of hydrogen-bond donors (Lipinski definition) is 1. The molecule has 1 atom stereocenters. The molecule has 0 aromatic heterocycles. The van der Waals surface area contributed by atoms with Gasteiger partial charge in [0.2, 0.25) is 0 Å². The van der Waals surface area contributed by atoms with E-state index in [1.165, 1.54) is 0 Å². The van der Waals surface area contributed by atoms with Crippen LogP contribution in [0.4, 0.5) is 0 Å². The molecule has 6 heteroatoms. The van der Waals surface area contributed by atoms with Crippen molar-refractivity contribution < 1.29 is 9.90 Å². The molecule has 1 amide bonds. The first kappa shape index (κ1) is 18.5. The lowest BCUT2D eigenvalue weighted by molar-refractivity contribution is 0.00305. The van der Waals surface area contributed by atoms with Gasteiger partial charge in [0.15, 0.2) is 0 Å². The zero-order valence-corrected chi connectivity index (χ0v) is 15.4. The van der Waals surface area contributed by atoms with Crippen molar-refractivity contribution in [2.45, 2.75) is 31.8 Å². The zero-order chi connectivity index (χ0) is 17.2. The normalized spacial score (nSPS) is 22.3. The van der Waals surface area contributed by atoms with E-state index in [1.54, 1.807) is 17.0 Å². The first-order valence-corrected chi connectivity index (χ1v) is 8.59. The highest BCUT2D eigenvalue weighted by Gasteiger charge is 2.32. The number of amides is 1. The smallest absolute Gasteiger partial charge is 0.253 e. The van der Waals surface area contributed by atoms with Crippen LogP contribution in [0.3, 0.4) is 0 Å². The van der Waals surface area contributed by atoms with Crippen molar-refractivity contribution in [2.24, 2.45) is 0 Å². The summed E-state index contributed by atoms with van der Waals surface area (Å²) < 4.78 is 0. The highest BCUT2D eigenvalue weighted by atomic mass is 35.5. The molecule has 1 N–H and O–H groups in total. The van der Waals surface area contributed by atoms with Crippen molar-refractivity contribution in [2.75, 3.05) is 33.7 Å². The van der Waals surface area contributed by atoms with E-state index in [1.807, 2.05) is 25.9 Å². The van der Waals surface area contributed by atoms with E-state index in [2.05, 4.69) is 0 Å². The molecule has 0 spiro atoms. The molecule has 0 saturated carbocycles. The van der Waals surface area contributed by atoms with E-state index in [0.717, 1.165) is 12.0 Å². The van der Waals surface area contributed by atoms with Gasteiger partial charge in [-0.1, -0.05) is 23.2 Å². The SMILES string of the molecule is Cc1c(Cl)cc(C(=O)N2CCC[C@@](O)(CN(C)C)CC2)cc1Cl. The second-order valence-corrected chi connectivity index (χ2v) is 7.49. The van der Waals surface area contributed by atoms with Crippen LogP contribution in [0, 0.1) is 6.92 Å². The molecular formula is C17H24Cl2N2O2. The summed E-state index contributed by atoms with van der Waals surface area (Å²) in [6.45, 7) is 3.60. The number of nitrogens with zero attached hydrogens (tertiary/aromatic N) is 2. The lowest BCUT2D eigenvalue weighted by atomic mass is 9.94. The second-order valence-electron chi connectivity index (χ2n) is 6.67. The summed E-state index contributed by atoms with van der Waals surface area (Å²) in [6.07, 6.45) is 2.05. The number of carbonyl (C=O) groups is 1. The summed E-state index contributed by atoms with van der Waals surface area (Å²) in [5, 5.41) is 11.7. The fraction of sp³-hybridized carbons (Fsp3) is 0.588. The van der Waals surface area contributed by atoms with Gasteiger partial charge < -0.3 is 14.9 Å². The van der Waals surface area contributed by atoms with Crippen LogP contribution >= 0.6 is 23.2 Å². The summed E-state index contributed by atoms with van der Waals surface area (Å²) in [4.78, 5) is 16.5. The molecule has 1 heterocycles. The number of halogens is 2. The van der Waals surface area contributed by atoms with E-state index in [0.29, 0.717) is 48.1 Å². The molecule has 128 valence electrons. The van der Waals surface area contributed by atoms with Crippen LogP contribution in [0.2, 0.25) is 10.0 Å². The fourth-order valence-corrected chi connectivity index (χ4v) is 3.57. The maximum atomic E-state index is 12.7. The molecule has 23 heavy (non-hydrogen) atoms. The first-order valence-electron chi connectivity index (χ1n) is 7.84. The minimum absolute atomic E-state index is 0.0806. The van der Waals surface area contributed by atoms with E-state index in [-0.39, 0.29) is 5.91 Å². The van der Waals surface area contributed by atoms with Crippen LogP contribution in [0.25, 0.3) is 0 Å². The summed E-state index contributed by atoms with van der Waals surface area (Å²) in [7, 11) is 3.89. The van der Waals surface area contributed by atoms with Gasteiger partial charge in [0.1, 0.15) is 0 Å². The number of benzene rings is 1. The Labute approximate surface area is 148 Å². The number of likely N-dealkylation sites (N-methyl/N-ethyl adjacent to an activating group) is 1. The highest BCUT2D eigenvalue weighted by Crippen LogP contribution is 2.28. The lowest BCUT2D eigenvalue weighted by Gasteiger charge is -2.30. The van der Waals surface area contributed by atoms with Gasteiger partial charge in [0, 0.05) is 35.2 Å². The molecule has 1 aromatic rings. The van der Waals surface area contributed by atoms with E-state index < -0.39 is 5.60 Å². The molecule has 2 rings (SSSR count). The van der Waals surface area contributed by atoms with Crippen molar-refractivity contribution >= 4 is 29.1 Å². The number of rotatable bonds is 3. The summed E-state index contributed by atoms with van der Waals surface area (Å²) in [5.41, 5.74) is 0.547. The van der Waals surface area contributed by atoms with E-state index in [4.69, 9.17) is 23.2 Å². The Morgan fingerprint density at radius 1 is 1.26 bits per heavy atom. The minimum atomic E-state index is -0.735. The number of hydrogen-bond acceptors (Lipinski definition) is 3. The molecule has 4 nitrogen and oxygen atoms in total. The van der Waals surface area contributed by atoms with E-state index >= 15 is 0 Å². The van der Waals surface area contributed by atoms with Crippen LogP contribution in [-0.2, 0) is 0 Å². The van der Waals surface area contributed by atoms with Crippen molar-refractivity contribution in [3.05, 3.63) is 33.3 Å². The second kappa shape index (κ2) is 7.39. The monoisotopic (exact) mass is 358 g/mol. The van der Waals surface area contributed by atoms with Crippen LogP contribution in [0.15, 0.2) is 12.1 Å². The Balaban J connectivity index is 2.12. The molecule has 1 aliphatic heterocycles. The molecular weight excluding hydrogens is 335 g/mol. The van der Waals surface area contributed by atoms with Crippen LogP contribution in [-0.4, -0.2) is 60.1 Å². The van der Waals surface area contributed by atoms with Crippen molar-refractivity contribution in [3.63, 3.8) is 0 Å². The Hall–Kier alpha value is -0.810.